The predicted octanol–water partition coefficient (Wildman–Crippen LogP) is 3.88. The number of likely N-dealkylation sites (tertiary alicyclic amines) is 1. The van der Waals surface area contributed by atoms with E-state index in [0.717, 1.165) is 42.7 Å². The number of nitrogens with zero attached hydrogens (tertiary/aromatic N) is 2. The average molecular weight is 510 g/mol. The number of rotatable bonds is 12. The fourth-order valence-corrected chi connectivity index (χ4v) is 5.45. The number of aliphatic hydroxyl groups is 1. The van der Waals surface area contributed by atoms with Crippen molar-refractivity contribution in [2.75, 3.05) is 26.2 Å². The molecule has 0 bridgehead atoms. The molecular formula is C28H35N3O4S. The summed E-state index contributed by atoms with van der Waals surface area (Å²) < 4.78 is 34.3. The van der Waals surface area contributed by atoms with Gasteiger partial charge < -0.3 is 14.7 Å². The van der Waals surface area contributed by atoms with Gasteiger partial charge in [-0.1, -0.05) is 30.3 Å². The molecule has 36 heavy (non-hydrogen) atoms. The molecule has 0 aliphatic carbocycles. The molecule has 1 aromatic heterocycles. The van der Waals surface area contributed by atoms with Crippen molar-refractivity contribution < 1.29 is 18.3 Å². The Morgan fingerprint density at radius 2 is 1.83 bits per heavy atom. The fourth-order valence-electron chi connectivity index (χ4n) is 4.38. The lowest BCUT2D eigenvalue weighted by Gasteiger charge is -2.20. The van der Waals surface area contributed by atoms with E-state index in [0.29, 0.717) is 18.7 Å². The van der Waals surface area contributed by atoms with Crippen molar-refractivity contribution in [1.82, 2.24) is 14.6 Å². The van der Waals surface area contributed by atoms with Crippen LogP contribution in [-0.2, 0) is 16.4 Å². The third-order valence-electron chi connectivity index (χ3n) is 6.57. The van der Waals surface area contributed by atoms with E-state index < -0.39 is 16.1 Å². The van der Waals surface area contributed by atoms with Crippen LogP contribution in [0, 0.1) is 0 Å². The number of nitrogens with one attached hydrogen (secondary N) is 1. The molecule has 1 saturated heterocycles. The maximum absolute atomic E-state index is 12.8. The number of aryl methyl sites for hydroxylation is 1. The SMILES string of the molecule is C[C@H](Oc1ccc(-c2cccc(S(=O)(=O)NCCN3CCCC3)c2)cc1)[C@H](O)CCc1cccnc1. The van der Waals surface area contributed by atoms with Gasteiger partial charge in [0.05, 0.1) is 11.0 Å². The molecule has 1 fully saturated rings. The van der Waals surface area contributed by atoms with Crippen LogP contribution in [0.3, 0.4) is 0 Å². The molecule has 0 radical (unpaired) electrons. The van der Waals surface area contributed by atoms with Crippen molar-refractivity contribution in [3.63, 3.8) is 0 Å². The monoisotopic (exact) mass is 509 g/mol. The molecule has 2 atom stereocenters. The van der Waals surface area contributed by atoms with E-state index in [1.54, 1.807) is 24.4 Å². The van der Waals surface area contributed by atoms with E-state index in [-0.39, 0.29) is 11.0 Å². The Kier molecular flexibility index (Phi) is 9.09. The van der Waals surface area contributed by atoms with Crippen molar-refractivity contribution in [3.8, 4) is 16.9 Å². The minimum Gasteiger partial charge on any atom is -0.488 e. The van der Waals surface area contributed by atoms with Gasteiger partial charge in [-0.15, -0.1) is 0 Å². The fraction of sp³-hybridized carbons (Fsp3) is 0.393. The first-order chi connectivity index (χ1) is 17.4. The van der Waals surface area contributed by atoms with Crippen LogP contribution in [-0.4, -0.2) is 61.8 Å². The van der Waals surface area contributed by atoms with Crippen molar-refractivity contribution >= 4 is 10.0 Å². The molecule has 0 unspecified atom stereocenters. The van der Waals surface area contributed by atoms with E-state index in [2.05, 4.69) is 14.6 Å². The van der Waals surface area contributed by atoms with Crippen LogP contribution in [0.2, 0.25) is 0 Å². The van der Waals surface area contributed by atoms with Crippen LogP contribution in [0.15, 0.2) is 78.0 Å². The second-order valence-corrected chi connectivity index (χ2v) is 11.1. The zero-order valence-electron chi connectivity index (χ0n) is 20.7. The quantitative estimate of drug-likeness (QED) is 0.385. The van der Waals surface area contributed by atoms with Crippen LogP contribution in [0.4, 0.5) is 0 Å². The Hall–Kier alpha value is -2.78. The van der Waals surface area contributed by atoms with Gasteiger partial charge in [-0.25, -0.2) is 13.1 Å². The second kappa shape index (κ2) is 12.5. The van der Waals surface area contributed by atoms with Gasteiger partial charge in [-0.3, -0.25) is 4.98 Å². The van der Waals surface area contributed by atoms with Crippen LogP contribution in [0.25, 0.3) is 11.1 Å². The Bertz CT molecular complexity index is 1200. The van der Waals surface area contributed by atoms with Gasteiger partial charge in [-0.2, -0.15) is 0 Å². The van der Waals surface area contributed by atoms with Crippen LogP contribution in [0.1, 0.15) is 31.7 Å². The number of aromatic nitrogens is 1. The van der Waals surface area contributed by atoms with Gasteiger partial charge in [0.25, 0.3) is 0 Å². The van der Waals surface area contributed by atoms with Crippen molar-refractivity contribution in [2.45, 2.75) is 49.7 Å². The Balaban J connectivity index is 1.32. The molecule has 3 aromatic rings. The van der Waals surface area contributed by atoms with Crippen LogP contribution >= 0.6 is 0 Å². The first-order valence-corrected chi connectivity index (χ1v) is 14.1. The molecule has 1 aliphatic heterocycles. The minimum atomic E-state index is -3.57. The summed E-state index contributed by atoms with van der Waals surface area (Å²) in [6.45, 7) is 5.08. The highest BCUT2D eigenvalue weighted by atomic mass is 32.2. The summed E-state index contributed by atoms with van der Waals surface area (Å²) in [5.41, 5.74) is 2.79. The highest BCUT2D eigenvalue weighted by molar-refractivity contribution is 7.89. The summed E-state index contributed by atoms with van der Waals surface area (Å²) in [7, 11) is -3.57. The topological polar surface area (TPSA) is 91.8 Å². The summed E-state index contributed by atoms with van der Waals surface area (Å²) in [5, 5.41) is 10.5. The zero-order valence-corrected chi connectivity index (χ0v) is 21.5. The molecule has 2 N–H and O–H groups in total. The summed E-state index contributed by atoms with van der Waals surface area (Å²) in [6, 6.07) is 18.3. The Labute approximate surface area is 214 Å². The second-order valence-electron chi connectivity index (χ2n) is 9.29. The number of benzene rings is 2. The average Bonchev–Trinajstić information content (AvgIpc) is 3.42. The Morgan fingerprint density at radius 1 is 1.06 bits per heavy atom. The molecule has 0 saturated carbocycles. The van der Waals surface area contributed by atoms with Crippen LogP contribution in [0.5, 0.6) is 5.75 Å². The van der Waals surface area contributed by atoms with E-state index in [1.807, 2.05) is 55.6 Å². The normalized spacial score (nSPS) is 16.1. The van der Waals surface area contributed by atoms with Gasteiger partial charge in [0.2, 0.25) is 10.0 Å². The first-order valence-electron chi connectivity index (χ1n) is 12.6. The molecule has 2 heterocycles. The first kappa shape index (κ1) is 26.3. The smallest absolute Gasteiger partial charge is 0.240 e. The molecule has 0 amide bonds. The number of ether oxygens (including phenoxy) is 1. The molecule has 8 heteroatoms. The molecular weight excluding hydrogens is 474 g/mol. The standard InChI is InChI=1S/C28H35N3O4S/c1-22(28(32)14-9-23-6-5-15-29-21-23)35-26-12-10-24(11-13-26)25-7-4-8-27(20-25)36(33,34)30-16-19-31-17-2-3-18-31/h4-8,10-13,15,20-22,28,30,32H,2-3,9,14,16-19H2,1H3/t22-,28+/m0/s1. The van der Waals surface area contributed by atoms with E-state index in [4.69, 9.17) is 4.74 Å². The van der Waals surface area contributed by atoms with Gasteiger partial charge in [0.15, 0.2) is 0 Å². The summed E-state index contributed by atoms with van der Waals surface area (Å²) in [4.78, 5) is 6.64. The molecule has 192 valence electrons. The largest absolute Gasteiger partial charge is 0.488 e. The number of sulfonamides is 1. The molecule has 4 rings (SSSR count). The minimum absolute atomic E-state index is 0.257. The maximum Gasteiger partial charge on any atom is 0.240 e. The molecule has 0 spiro atoms. The number of aliphatic hydroxyl groups excluding tert-OH is 1. The number of pyridine rings is 1. The molecule has 1 aliphatic rings. The maximum atomic E-state index is 12.8. The third kappa shape index (κ3) is 7.36. The van der Waals surface area contributed by atoms with Crippen molar-refractivity contribution in [3.05, 3.63) is 78.6 Å². The van der Waals surface area contributed by atoms with Gasteiger partial charge in [0, 0.05) is 25.5 Å². The van der Waals surface area contributed by atoms with Gasteiger partial charge in [0.1, 0.15) is 11.9 Å². The third-order valence-corrected chi connectivity index (χ3v) is 8.02. The highest BCUT2D eigenvalue weighted by Crippen LogP contribution is 2.25. The molecule has 2 aromatic carbocycles. The lowest BCUT2D eigenvalue weighted by Crippen LogP contribution is -2.33. The molecule has 7 nitrogen and oxygen atoms in total. The number of hydrogen-bond acceptors (Lipinski definition) is 6. The number of hydrogen-bond donors (Lipinski definition) is 2. The lowest BCUT2D eigenvalue weighted by molar-refractivity contribution is 0.0420. The zero-order chi connectivity index (χ0) is 25.4. The predicted molar refractivity (Wildman–Crippen MR) is 141 cm³/mol. The summed E-state index contributed by atoms with van der Waals surface area (Å²) >= 11 is 0. The van der Waals surface area contributed by atoms with Gasteiger partial charge >= 0.3 is 0 Å². The van der Waals surface area contributed by atoms with E-state index in [9.17, 15) is 13.5 Å². The van der Waals surface area contributed by atoms with Crippen molar-refractivity contribution in [2.24, 2.45) is 0 Å². The lowest BCUT2D eigenvalue weighted by atomic mass is 10.0. The summed E-state index contributed by atoms with van der Waals surface area (Å²) in [5.74, 6) is 0.652. The summed E-state index contributed by atoms with van der Waals surface area (Å²) in [6.07, 6.45) is 6.25. The van der Waals surface area contributed by atoms with E-state index in [1.165, 1.54) is 12.8 Å². The van der Waals surface area contributed by atoms with E-state index >= 15 is 0 Å². The Morgan fingerprint density at radius 3 is 2.56 bits per heavy atom. The van der Waals surface area contributed by atoms with Crippen molar-refractivity contribution in [1.29, 1.82) is 0 Å². The van der Waals surface area contributed by atoms with Gasteiger partial charge in [-0.05, 0) is 92.7 Å². The highest BCUT2D eigenvalue weighted by Gasteiger charge is 2.18. The van der Waals surface area contributed by atoms with Crippen LogP contribution < -0.4 is 9.46 Å².